The first-order valence-corrected chi connectivity index (χ1v) is 15.9. The molecule has 0 saturated heterocycles. The lowest BCUT2D eigenvalue weighted by atomic mass is 9.83. The molecule has 0 fully saturated rings. The molecule has 0 amide bonds. The summed E-state index contributed by atoms with van der Waals surface area (Å²) in [5.41, 5.74) is 3.13. The predicted molar refractivity (Wildman–Crippen MR) is 196 cm³/mol. The van der Waals surface area contributed by atoms with Crippen LogP contribution in [0.15, 0.2) is 114 Å². The Balaban J connectivity index is 1.47. The molecule has 9 rings (SSSR count). The second kappa shape index (κ2) is 10.6. The van der Waals surface area contributed by atoms with Gasteiger partial charge in [0.15, 0.2) is 23.0 Å². The fourth-order valence-corrected chi connectivity index (χ4v) is 7.40. The Labute approximate surface area is 287 Å². The van der Waals surface area contributed by atoms with Crippen LogP contribution < -0.4 is 0 Å². The van der Waals surface area contributed by atoms with Crippen molar-refractivity contribution in [3.63, 3.8) is 0 Å². The molecular weight excluding hydrogens is 648 g/mol. The third-order valence-corrected chi connectivity index (χ3v) is 9.71. The van der Waals surface area contributed by atoms with E-state index in [0.717, 1.165) is 32.7 Å². The second-order valence-electron chi connectivity index (χ2n) is 12.5. The first-order valence-electron chi connectivity index (χ1n) is 15.9. The quantitative estimate of drug-likeness (QED) is 0.0515. The number of rotatable bonds is 3. The van der Waals surface area contributed by atoms with Crippen LogP contribution in [0.1, 0.15) is 0 Å². The van der Waals surface area contributed by atoms with Gasteiger partial charge in [0.25, 0.3) is 0 Å². The standard InChI is InChI=1S/C42H26O9/c43-35-31-29(21-10-5-9-20(17-21)24-13-6-8-19-7-1-2-11-23(19)24)32-34(38(46)42(50)40(48)36(32)44)30(33(31)37(45)41(49)39(35)47)22-15-16-26-25-12-3-4-14-27(25)51-28(26)18-22/h1-18,43-50H. The molecule has 0 atom stereocenters. The summed E-state index contributed by atoms with van der Waals surface area (Å²) in [4.78, 5) is 0. The van der Waals surface area contributed by atoms with Crippen molar-refractivity contribution in [2.75, 3.05) is 0 Å². The van der Waals surface area contributed by atoms with Crippen molar-refractivity contribution >= 4 is 54.3 Å². The first-order chi connectivity index (χ1) is 24.7. The zero-order chi connectivity index (χ0) is 35.3. The van der Waals surface area contributed by atoms with E-state index < -0.39 is 46.0 Å². The van der Waals surface area contributed by atoms with Crippen molar-refractivity contribution in [1.82, 2.24) is 0 Å². The van der Waals surface area contributed by atoms with Gasteiger partial charge < -0.3 is 45.3 Å². The Morgan fingerprint density at radius 3 is 1.43 bits per heavy atom. The third-order valence-electron chi connectivity index (χ3n) is 9.71. The molecule has 8 aromatic carbocycles. The largest absolute Gasteiger partial charge is 0.504 e. The highest BCUT2D eigenvalue weighted by Gasteiger charge is 2.32. The summed E-state index contributed by atoms with van der Waals surface area (Å²) in [6.07, 6.45) is 0. The Morgan fingerprint density at radius 1 is 0.333 bits per heavy atom. The molecule has 0 aliphatic carbocycles. The minimum atomic E-state index is -1.03. The molecule has 1 heterocycles. The number of furan rings is 1. The lowest BCUT2D eigenvalue weighted by Gasteiger charge is -2.22. The monoisotopic (exact) mass is 674 g/mol. The molecule has 9 nitrogen and oxygen atoms in total. The highest BCUT2D eigenvalue weighted by atomic mass is 16.4. The Morgan fingerprint density at radius 2 is 0.804 bits per heavy atom. The van der Waals surface area contributed by atoms with Crippen LogP contribution >= 0.6 is 0 Å². The van der Waals surface area contributed by atoms with Gasteiger partial charge in [0.05, 0.1) is 0 Å². The summed E-state index contributed by atoms with van der Waals surface area (Å²) < 4.78 is 6.11. The van der Waals surface area contributed by atoms with Gasteiger partial charge in [0.2, 0.25) is 23.0 Å². The summed E-state index contributed by atoms with van der Waals surface area (Å²) in [6.45, 7) is 0. The van der Waals surface area contributed by atoms with Gasteiger partial charge in [-0.3, -0.25) is 0 Å². The topological polar surface area (TPSA) is 175 Å². The molecule has 0 saturated carbocycles. The van der Waals surface area contributed by atoms with E-state index in [2.05, 4.69) is 0 Å². The molecule has 9 aromatic rings. The number of hydrogen-bond acceptors (Lipinski definition) is 9. The van der Waals surface area contributed by atoms with E-state index in [4.69, 9.17) is 4.42 Å². The molecule has 0 aliphatic heterocycles. The number of para-hydroxylation sites is 1. The number of aromatic hydroxyl groups is 8. The maximum absolute atomic E-state index is 11.6. The maximum Gasteiger partial charge on any atom is 0.204 e. The van der Waals surface area contributed by atoms with Crippen LogP contribution in [0.4, 0.5) is 0 Å². The Hall–Kier alpha value is -7.26. The molecule has 1 aromatic heterocycles. The summed E-state index contributed by atoms with van der Waals surface area (Å²) in [7, 11) is 0. The van der Waals surface area contributed by atoms with Crippen LogP contribution in [0.5, 0.6) is 46.0 Å². The van der Waals surface area contributed by atoms with Crippen molar-refractivity contribution in [3.8, 4) is 79.4 Å². The summed E-state index contributed by atoms with van der Waals surface area (Å²) >= 11 is 0. The number of phenolic OH excluding ortho intramolecular Hbond substituents is 8. The predicted octanol–water partition coefficient (Wildman–Crippen LogP) is 9.69. The number of fused-ring (bicyclic) bond motifs is 6. The summed E-state index contributed by atoms with van der Waals surface area (Å²) in [5.74, 6) is -7.51. The van der Waals surface area contributed by atoms with Gasteiger partial charge in [0.1, 0.15) is 11.2 Å². The fourth-order valence-electron chi connectivity index (χ4n) is 7.40. The minimum absolute atomic E-state index is 0.0261. The average Bonchev–Trinajstić information content (AvgIpc) is 3.54. The number of phenols is 8. The van der Waals surface area contributed by atoms with E-state index in [0.29, 0.717) is 16.7 Å². The summed E-state index contributed by atoms with van der Waals surface area (Å²) in [5, 5.41) is 92.7. The molecule has 9 heteroatoms. The van der Waals surface area contributed by atoms with Crippen LogP contribution in [0.2, 0.25) is 0 Å². The Bertz CT molecular complexity index is 2870. The van der Waals surface area contributed by atoms with Gasteiger partial charge in [-0.1, -0.05) is 84.9 Å². The van der Waals surface area contributed by atoms with Crippen LogP contribution in [-0.4, -0.2) is 40.9 Å². The van der Waals surface area contributed by atoms with Crippen LogP contribution in [0.25, 0.3) is 87.6 Å². The maximum atomic E-state index is 11.6. The zero-order valence-corrected chi connectivity index (χ0v) is 26.4. The van der Waals surface area contributed by atoms with Gasteiger partial charge >= 0.3 is 0 Å². The molecule has 51 heavy (non-hydrogen) atoms. The number of hydrogen-bond donors (Lipinski definition) is 8. The van der Waals surface area contributed by atoms with E-state index >= 15 is 0 Å². The minimum Gasteiger partial charge on any atom is -0.504 e. The Kier molecular flexibility index (Phi) is 6.21. The smallest absolute Gasteiger partial charge is 0.204 e. The van der Waals surface area contributed by atoms with Crippen LogP contribution in [0, 0.1) is 0 Å². The van der Waals surface area contributed by atoms with Gasteiger partial charge in [-0.2, -0.15) is 0 Å². The van der Waals surface area contributed by atoms with Gasteiger partial charge in [-0.25, -0.2) is 0 Å². The van der Waals surface area contributed by atoms with Crippen molar-refractivity contribution in [3.05, 3.63) is 109 Å². The zero-order valence-electron chi connectivity index (χ0n) is 26.4. The lowest BCUT2D eigenvalue weighted by molar-refractivity contribution is 0.350. The van der Waals surface area contributed by atoms with Crippen molar-refractivity contribution in [2.24, 2.45) is 0 Å². The molecule has 0 unspecified atom stereocenters. The molecule has 0 bridgehead atoms. The van der Waals surface area contributed by atoms with Crippen molar-refractivity contribution < 1.29 is 45.3 Å². The highest BCUT2D eigenvalue weighted by molar-refractivity contribution is 6.29. The van der Waals surface area contributed by atoms with Gasteiger partial charge in [0, 0.05) is 43.4 Å². The van der Waals surface area contributed by atoms with Crippen LogP contribution in [0.3, 0.4) is 0 Å². The second-order valence-corrected chi connectivity index (χ2v) is 12.5. The number of benzene rings is 8. The van der Waals surface area contributed by atoms with Gasteiger partial charge in [-0.15, -0.1) is 0 Å². The van der Waals surface area contributed by atoms with E-state index in [1.807, 2.05) is 66.7 Å². The highest BCUT2D eigenvalue weighted by Crippen LogP contribution is 2.62. The average molecular weight is 675 g/mol. The SMILES string of the molecule is Oc1c(O)c(O)c2c(-c3ccc4c(c3)oc3ccccc34)c3c(O)c(O)c(O)c(O)c3c(-c3cccc(-c4cccc5ccccc45)c3)c2c1O. The van der Waals surface area contributed by atoms with Crippen LogP contribution in [-0.2, 0) is 0 Å². The lowest BCUT2D eigenvalue weighted by Crippen LogP contribution is -1.95. The summed E-state index contributed by atoms with van der Waals surface area (Å²) in [6, 6.07) is 33.1. The normalized spacial score (nSPS) is 11.8. The molecule has 8 N–H and O–H groups in total. The van der Waals surface area contributed by atoms with E-state index in [9.17, 15) is 40.9 Å². The van der Waals surface area contributed by atoms with Crippen molar-refractivity contribution in [1.29, 1.82) is 0 Å². The molecule has 0 aliphatic rings. The molecule has 0 radical (unpaired) electrons. The molecule has 248 valence electrons. The van der Waals surface area contributed by atoms with E-state index in [1.165, 1.54) is 0 Å². The molecule has 0 spiro atoms. The van der Waals surface area contributed by atoms with E-state index in [-0.39, 0.29) is 38.2 Å². The molecular formula is C42H26O9. The fraction of sp³-hybridized carbons (Fsp3) is 0. The third kappa shape index (κ3) is 4.09. The first kappa shape index (κ1) is 29.8. The van der Waals surface area contributed by atoms with E-state index in [1.54, 1.807) is 42.5 Å². The van der Waals surface area contributed by atoms with Crippen molar-refractivity contribution in [2.45, 2.75) is 0 Å². The van der Waals surface area contributed by atoms with Gasteiger partial charge in [-0.05, 0) is 57.3 Å².